The molecule has 1 aromatic carbocycles. The van der Waals surface area contributed by atoms with E-state index in [1.165, 1.54) is 12.4 Å². The molecule has 2 aromatic heterocycles. The van der Waals surface area contributed by atoms with Crippen molar-refractivity contribution < 1.29 is 24.4 Å². The summed E-state index contributed by atoms with van der Waals surface area (Å²) in [6, 6.07) is 2.93. The molecule has 0 saturated heterocycles. The number of nitrogens with zero attached hydrogens (tertiary/aromatic N) is 3. The Bertz CT molecular complexity index is 1010. The third-order valence-electron chi connectivity index (χ3n) is 5.14. The lowest BCUT2D eigenvalue weighted by Crippen LogP contribution is -2.34. The first-order chi connectivity index (χ1) is 12.9. The van der Waals surface area contributed by atoms with Crippen LogP contribution in [-0.2, 0) is 0 Å². The molecular formula is C19H20FN3O4. The molecule has 4 rings (SSSR count). The maximum absolute atomic E-state index is 13.1. The summed E-state index contributed by atoms with van der Waals surface area (Å²) in [5, 5.41) is 31.8. The fourth-order valence-electron chi connectivity index (χ4n) is 3.82. The second-order valence-corrected chi connectivity index (χ2v) is 6.93. The predicted molar refractivity (Wildman–Crippen MR) is 95.2 cm³/mol. The molecule has 4 atom stereocenters. The van der Waals surface area contributed by atoms with Gasteiger partial charge in [-0.3, -0.25) is 0 Å². The first-order valence-corrected chi connectivity index (χ1v) is 8.67. The number of phenolic OH excluding ortho intramolecular Hbond substituents is 1. The quantitative estimate of drug-likeness (QED) is 0.649. The van der Waals surface area contributed by atoms with Crippen molar-refractivity contribution in [2.75, 3.05) is 0 Å². The summed E-state index contributed by atoms with van der Waals surface area (Å²) in [7, 11) is 0. The number of ether oxygens (including phenoxy) is 1. The summed E-state index contributed by atoms with van der Waals surface area (Å²) in [5.41, 5.74) is 2.50. The molecule has 0 bridgehead atoms. The van der Waals surface area contributed by atoms with E-state index in [9.17, 15) is 19.7 Å². The molecule has 1 saturated carbocycles. The van der Waals surface area contributed by atoms with Gasteiger partial charge in [-0.05, 0) is 31.5 Å². The van der Waals surface area contributed by atoms with Crippen LogP contribution in [0.2, 0.25) is 0 Å². The standard InChI is InChI=1S/C19H20FN3O4/c1-9-7-23(19-16(9)10(2)21-8-22-19)12-6-15(18(26)17(12)25)27-14-4-3-11(20)5-13(14)24/h3-5,7-8,12,15,17-18,24-26H,6H2,1-2H3/t12-,15+,17+,18-/m1/s1. The number of halogens is 1. The van der Waals surface area contributed by atoms with Crippen LogP contribution < -0.4 is 4.74 Å². The van der Waals surface area contributed by atoms with E-state index < -0.39 is 30.2 Å². The average Bonchev–Trinajstić information content (AvgIpc) is 3.10. The molecule has 1 aliphatic carbocycles. The Morgan fingerprint density at radius 1 is 1.19 bits per heavy atom. The average molecular weight is 373 g/mol. The van der Waals surface area contributed by atoms with Crippen LogP contribution in [0.15, 0.2) is 30.7 Å². The van der Waals surface area contributed by atoms with Crippen LogP contribution in [0.25, 0.3) is 11.0 Å². The van der Waals surface area contributed by atoms with Gasteiger partial charge < -0.3 is 24.6 Å². The SMILES string of the molecule is Cc1cn([C@@H]2C[C@H](Oc3ccc(F)cc3O)[C@@H](O)[C@H]2O)c2ncnc(C)c12. The number of aliphatic hydroxyl groups excluding tert-OH is 2. The van der Waals surface area contributed by atoms with Crippen molar-refractivity contribution in [3.05, 3.63) is 47.8 Å². The van der Waals surface area contributed by atoms with Gasteiger partial charge in [0.05, 0.1) is 11.7 Å². The number of phenols is 1. The summed E-state index contributed by atoms with van der Waals surface area (Å²) < 4.78 is 20.6. The molecule has 3 aromatic rings. The van der Waals surface area contributed by atoms with Gasteiger partial charge in [0, 0.05) is 24.1 Å². The highest BCUT2D eigenvalue weighted by molar-refractivity contribution is 5.82. The van der Waals surface area contributed by atoms with Crippen molar-refractivity contribution >= 4 is 11.0 Å². The highest BCUT2D eigenvalue weighted by Crippen LogP contribution is 2.38. The topological polar surface area (TPSA) is 101 Å². The number of fused-ring (bicyclic) bond motifs is 1. The second kappa shape index (κ2) is 6.47. The molecule has 1 aliphatic rings. The summed E-state index contributed by atoms with van der Waals surface area (Å²) in [6.07, 6.45) is 0.636. The largest absolute Gasteiger partial charge is 0.504 e. The molecular weight excluding hydrogens is 353 g/mol. The Kier molecular flexibility index (Phi) is 4.24. The minimum atomic E-state index is -1.17. The maximum Gasteiger partial charge on any atom is 0.161 e. The first kappa shape index (κ1) is 17.7. The van der Waals surface area contributed by atoms with E-state index in [0.717, 1.165) is 28.8 Å². The monoisotopic (exact) mass is 373 g/mol. The Labute approximate surface area is 154 Å². The number of aromatic hydroxyl groups is 1. The number of benzene rings is 1. The van der Waals surface area contributed by atoms with E-state index in [1.807, 2.05) is 24.6 Å². The molecule has 0 aliphatic heterocycles. The number of aliphatic hydroxyl groups is 2. The van der Waals surface area contributed by atoms with Gasteiger partial charge in [0.15, 0.2) is 11.5 Å². The van der Waals surface area contributed by atoms with Gasteiger partial charge in [-0.2, -0.15) is 0 Å². The first-order valence-electron chi connectivity index (χ1n) is 8.67. The van der Waals surface area contributed by atoms with Crippen LogP contribution in [0.4, 0.5) is 4.39 Å². The van der Waals surface area contributed by atoms with Gasteiger partial charge in [-0.1, -0.05) is 0 Å². The lowest BCUT2D eigenvalue weighted by Gasteiger charge is -2.19. The zero-order valence-electron chi connectivity index (χ0n) is 14.9. The van der Waals surface area contributed by atoms with E-state index in [2.05, 4.69) is 9.97 Å². The minimum absolute atomic E-state index is 0.0556. The van der Waals surface area contributed by atoms with Gasteiger partial charge in [0.25, 0.3) is 0 Å². The highest BCUT2D eigenvalue weighted by atomic mass is 19.1. The summed E-state index contributed by atoms with van der Waals surface area (Å²) in [4.78, 5) is 8.55. The third kappa shape index (κ3) is 2.90. The molecule has 0 radical (unpaired) electrons. The molecule has 8 heteroatoms. The lowest BCUT2D eigenvalue weighted by atomic mass is 10.2. The molecule has 0 unspecified atom stereocenters. The van der Waals surface area contributed by atoms with Gasteiger partial charge in [-0.25, -0.2) is 14.4 Å². The number of hydrogen-bond acceptors (Lipinski definition) is 6. The van der Waals surface area contributed by atoms with Crippen LogP contribution >= 0.6 is 0 Å². The fourth-order valence-corrected chi connectivity index (χ4v) is 3.82. The molecule has 7 nitrogen and oxygen atoms in total. The number of aryl methyl sites for hydroxylation is 2. The number of aromatic nitrogens is 3. The second-order valence-electron chi connectivity index (χ2n) is 6.93. The number of rotatable bonds is 3. The van der Waals surface area contributed by atoms with E-state index in [4.69, 9.17) is 4.74 Å². The van der Waals surface area contributed by atoms with Crippen molar-refractivity contribution in [3.8, 4) is 11.5 Å². The van der Waals surface area contributed by atoms with Crippen LogP contribution in [0.5, 0.6) is 11.5 Å². The number of hydrogen-bond donors (Lipinski definition) is 3. The Morgan fingerprint density at radius 2 is 1.96 bits per heavy atom. The summed E-state index contributed by atoms with van der Waals surface area (Å²) in [5.74, 6) is -0.889. The van der Waals surface area contributed by atoms with Crippen LogP contribution in [-0.4, -0.2) is 48.2 Å². The van der Waals surface area contributed by atoms with E-state index >= 15 is 0 Å². The fraction of sp³-hybridized carbons (Fsp3) is 0.368. The van der Waals surface area contributed by atoms with Crippen molar-refractivity contribution in [1.29, 1.82) is 0 Å². The van der Waals surface area contributed by atoms with Crippen molar-refractivity contribution in [2.45, 2.75) is 44.6 Å². The summed E-state index contributed by atoms with van der Waals surface area (Å²) in [6.45, 7) is 3.84. The molecule has 0 amide bonds. The zero-order chi connectivity index (χ0) is 19.3. The van der Waals surface area contributed by atoms with Crippen LogP contribution in [0.3, 0.4) is 0 Å². The Hall–Kier alpha value is -2.71. The Morgan fingerprint density at radius 3 is 2.70 bits per heavy atom. The van der Waals surface area contributed by atoms with Gasteiger partial charge in [0.2, 0.25) is 0 Å². The van der Waals surface area contributed by atoms with Crippen LogP contribution in [0.1, 0.15) is 23.7 Å². The third-order valence-corrected chi connectivity index (χ3v) is 5.14. The molecule has 0 spiro atoms. The molecule has 1 fully saturated rings. The van der Waals surface area contributed by atoms with E-state index in [1.54, 1.807) is 0 Å². The zero-order valence-corrected chi connectivity index (χ0v) is 14.9. The van der Waals surface area contributed by atoms with Crippen molar-refractivity contribution in [1.82, 2.24) is 14.5 Å². The lowest BCUT2D eigenvalue weighted by molar-refractivity contribution is -0.0169. The highest BCUT2D eigenvalue weighted by Gasteiger charge is 2.44. The minimum Gasteiger partial charge on any atom is -0.504 e. The molecule has 3 N–H and O–H groups in total. The van der Waals surface area contributed by atoms with Gasteiger partial charge in [-0.15, -0.1) is 0 Å². The maximum atomic E-state index is 13.1. The van der Waals surface area contributed by atoms with Gasteiger partial charge >= 0.3 is 0 Å². The van der Waals surface area contributed by atoms with E-state index in [-0.39, 0.29) is 11.5 Å². The molecule has 142 valence electrons. The van der Waals surface area contributed by atoms with Crippen molar-refractivity contribution in [2.24, 2.45) is 0 Å². The predicted octanol–water partition coefficient (Wildman–Crippen LogP) is 2.01. The van der Waals surface area contributed by atoms with Crippen LogP contribution in [0, 0.1) is 19.7 Å². The molecule has 2 heterocycles. The van der Waals surface area contributed by atoms with Gasteiger partial charge in [0.1, 0.15) is 36.1 Å². The normalized spacial score (nSPS) is 25.2. The summed E-state index contributed by atoms with van der Waals surface area (Å²) >= 11 is 0. The Balaban J connectivity index is 1.65. The molecule has 27 heavy (non-hydrogen) atoms. The smallest absolute Gasteiger partial charge is 0.161 e. The van der Waals surface area contributed by atoms with Crippen molar-refractivity contribution in [3.63, 3.8) is 0 Å². The van der Waals surface area contributed by atoms with E-state index in [0.29, 0.717) is 12.1 Å².